The molecular formula is C16H17BrFN3. The zero-order valence-corrected chi connectivity index (χ0v) is 13.1. The molecule has 0 amide bonds. The Morgan fingerprint density at radius 3 is 3.00 bits per heavy atom. The Hall–Kier alpha value is -1.30. The molecule has 0 fully saturated rings. The first-order valence-electron chi connectivity index (χ1n) is 7.05. The van der Waals surface area contributed by atoms with Gasteiger partial charge in [-0.25, -0.2) is 4.39 Å². The molecule has 0 saturated heterocycles. The van der Waals surface area contributed by atoms with Gasteiger partial charge in [0.25, 0.3) is 0 Å². The Labute approximate surface area is 131 Å². The zero-order chi connectivity index (χ0) is 14.8. The van der Waals surface area contributed by atoms with Crippen LogP contribution in [0, 0.1) is 5.82 Å². The maximum atomic E-state index is 14.3. The SMILES string of the molecule is NNC(c1ccc(Br)cc1F)C1CCCc2cccnc21. The third kappa shape index (κ3) is 2.86. The van der Waals surface area contributed by atoms with Gasteiger partial charge in [-0.05, 0) is 43.0 Å². The van der Waals surface area contributed by atoms with Gasteiger partial charge in [0.1, 0.15) is 5.82 Å². The third-order valence-corrected chi connectivity index (χ3v) is 4.61. The lowest BCUT2D eigenvalue weighted by atomic mass is 9.79. The van der Waals surface area contributed by atoms with Crippen molar-refractivity contribution in [1.29, 1.82) is 0 Å². The van der Waals surface area contributed by atoms with E-state index in [1.807, 2.05) is 12.1 Å². The van der Waals surface area contributed by atoms with Crippen LogP contribution in [0.1, 0.15) is 41.6 Å². The molecule has 1 aliphatic carbocycles. The Bertz CT molecular complexity index is 647. The summed E-state index contributed by atoms with van der Waals surface area (Å²) in [6.07, 6.45) is 4.84. The molecule has 1 aromatic carbocycles. The Morgan fingerprint density at radius 1 is 1.38 bits per heavy atom. The average Bonchev–Trinajstić information content (AvgIpc) is 2.50. The molecule has 2 atom stereocenters. The molecule has 0 radical (unpaired) electrons. The summed E-state index contributed by atoms with van der Waals surface area (Å²) < 4.78 is 15.0. The fourth-order valence-electron chi connectivity index (χ4n) is 3.15. The Balaban J connectivity index is 2.01. The van der Waals surface area contributed by atoms with Crippen molar-refractivity contribution < 1.29 is 4.39 Å². The minimum Gasteiger partial charge on any atom is -0.271 e. The van der Waals surface area contributed by atoms with E-state index in [-0.39, 0.29) is 17.8 Å². The van der Waals surface area contributed by atoms with Crippen molar-refractivity contribution in [2.24, 2.45) is 5.84 Å². The van der Waals surface area contributed by atoms with Gasteiger partial charge in [0.05, 0.1) is 6.04 Å². The largest absolute Gasteiger partial charge is 0.271 e. The minimum atomic E-state index is -0.271. The molecule has 110 valence electrons. The highest BCUT2D eigenvalue weighted by molar-refractivity contribution is 9.10. The summed E-state index contributed by atoms with van der Waals surface area (Å²) in [6.45, 7) is 0. The van der Waals surface area contributed by atoms with E-state index in [0.717, 1.165) is 29.4 Å². The number of fused-ring (bicyclic) bond motifs is 1. The molecule has 21 heavy (non-hydrogen) atoms. The summed E-state index contributed by atoms with van der Waals surface area (Å²) in [7, 11) is 0. The van der Waals surface area contributed by atoms with Gasteiger partial charge in [-0.2, -0.15) is 0 Å². The molecule has 3 N–H and O–H groups in total. The van der Waals surface area contributed by atoms with Crippen molar-refractivity contribution >= 4 is 15.9 Å². The van der Waals surface area contributed by atoms with Crippen molar-refractivity contribution in [3.63, 3.8) is 0 Å². The van der Waals surface area contributed by atoms with E-state index >= 15 is 0 Å². The number of benzene rings is 1. The van der Waals surface area contributed by atoms with E-state index in [0.29, 0.717) is 5.56 Å². The Kier molecular flexibility index (Phi) is 4.33. The Morgan fingerprint density at radius 2 is 2.24 bits per heavy atom. The highest BCUT2D eigenvalue weighted by Crippen LogP contribution is 2.39. The van der Waals surface area contributed by atoms with Crippen molar-refractivity contribution in [2.45, 2.75) is 31.2 Å². The average molecular weight is 350 g/mol. The van der Waals surface area contributed by atoms with Gasteiger partial charge in [-0.3, -0.25) is 16.3 Å². The van der Waals surface area contributed by atoms with E-state index < -0.39 is 0 Å². The van der Waals surface area contributed by atoms with Gasteiger partial charge >= 0.3 is 0 Å². The predicted octanol–water partition coefficient (Wildman–Crippen LogP) is 3.61. The number of aromatic nitrogens is 1. The first-order valence-corrected chi connectivity index (χ1v) is 7.85. The first-order chi connectivity index (χ1) is 10.2. The smallest absolute Gasteiger partial charge is 0.129 e. The molecule has 1 aromatic heterocycles. The van der Waals surface area contributed by atoms with Crippen LogP contribution in [-0.2, 0) is 6.42 Å². The van der Waals surface area contributed by atoms with E-state index in [9.17, 15) is 4.39 Å². The van der Waals surface area contributed by atoms with E-state index in [1.54, 1.807) is 12.3 Å². The molecule has 3 nitrogen and oxygen atoms in total. The van der Waals surface area contributed by atoms with E-state index in [4.69, 9.17) is 5.84 Å². The van der Waals surface area contributed by atoms with Gasteiger partial charge in [0.15, 0.2) is 0 Å². The number of halogens is 2. The number of hydrogen-bond donors (Lipinski definition) is 2. The molecule has 0 saturated carbocycles. The highest BCUT2D eigenvalue weighted by atomic mass is 79.9. The van der Waals surface area contributed by atoms with Gasteiger partial charge in [-0.15, -0.1) is 0 Å². The van der Waals surface area contributed by atoms with Crippen LogP contribution in [-0.4, -0.2) is 4.98 Å². The van der Waals surface area contributed by atoms with Gasteiger partial charge < -0.3 is 0 Å². The molecular weight excluding hydrogens is 333 g/mol. The van der Waals surface area contributed by atoms with Crippen LogP contribution in [0.2, 0.25) is 0 Å². The summed E-state index contributed by atoms with van der Waals surface area (Å²) in [5.74, 6) is 5.58. The van der Waals surface area contributed by atoms with Crippen molar-refractivity contribution in [2.75, 3.05) is 0 Å². The summed E-state index contributed by atoms with van der Waals surface area (Å²) in [5.41, 5.74) is 5.66. The van der Waals surface area contributed by atoms with E-state index in [2.05, 4.69) is 32.4 Å². The molecule has 3 rings (SSSR count). The molecule has 1 heterocycles. The predicted molar refractivity (Wildman–Crippen MR) is 84.1 cm³/mol. The second-order valence-corrected chi connectivity index (χ2v) is 6.27. The lowest BCUT2D eigenvalue weighted by Crippen LogP contribution is -2.35. The lowest BCUT2D eigenvalue weighted by molar-refractivity contribution is 0.388. The standard InChI is InChI=1S/C16H17BrFN3/c17-11-6-7-12(14(18)9-11)16(21-19)13-5-1-3-10-4-2-8-20-15(10)13/h2,4,6-9,13,16,21H,1,3,5,19H2. The number of nitrogens with zero attached hydrogens (tertiary/aromatic N) is 1. The summed E-state index contributed by atoms with van der Waals surface area (Å²) in [4.78, 5) is 4.52. The number of nitrogens with one attached hydrogen (secondary N) is 1. The van der Waals surface area contributed by atoms with Crippen LogP contribution in [0.25, 0.3) is 0 Å². The number of nitrogens with two attached hydrogens (primary N) is 1. The van der Waals surface area contributed by atoms with Crippen molar-refractivity contribution in [3.8, 4) is 0 Å². The number of rotatable bonds is 3. The maximum Gasteiger partial charge on any atom is 0.129 e. The fourth-order valence-corrected chi connectivity index (χ4v) is 3.48. The van der Waals surface area contributed by atoms with E-state index in [1.165, 1.54) is 11.6 Å². The summed E-state index contributed by atoms with van der Waals surface area (Å²) >= 11 is 3.29. The van der Waals surface area contributed by atoms with Gasteiger partial charge in [0.2, 0.25) is 0 Å². The molecule has 0 bridgehead atoms. The van der Waals surface area contributed by atoms with Gasteiger partial charge in [0, 0.05) is 27.8 Å². The van der Waals surface area contributed by atoms with Crippen LogP contribution < -0.4 is 11.3 Å². The molecule has 1 aliphatic rings. The fraction of sp³-hybridized carbons (Fsp3) is 0.312. The second-order valence-electron chi connectivity index (χ2n) is 5.36. The molecule has 0 spiro atoms. The van der Waals surface area contributed by atoms with Crippen LogP contribution in [0.3, 0.4) is 0 Å². The highest BCUT2D eigenvalue weighted by Gasteiger charge is 2.31. The number of aryl methyl sites for hydroxylation is 1. The topological polar surface area (TPSA) is 50.9 Å². The monoisotopic (exact) mass is 349 g/mol. The molecule has 0 aliphatic heterocycles. The molecule has 2 unspecified atom stereocenters. The lowest BCUT2D eigenvalue weighted by Gasteiger charge is -2.31. The van der Waals surface area contributed by atoms with Crippen molar-refractivity contribution in [3.05, 3.63) is 63.6 Å². The van der Waals surface area contributed by atoms with Crippen LogP contribution in [0.15, 0.2) is 41.0 Å². The number of pyridine rings is 1. The van der Waals surface area contributed by atoms with Gasteiger partial charge in [-0.1, -0.05) is 28.1 Å². The van der Waals surface area contributed by atoms with Crippen molar-refractivity contribution in [1.82, 2.24) is 10.4 Å². The zero-order valence-electron chi connectivity index (χ0n) is 11.5. The van der Waals surface area contributed by atoms with Crippen LogP contribution >= 0.6 is 15.9 Å². The first kappa shape index (κ1) is 14.6. The van der Waals surface area contributed by atoms with Crippen LogP contribution in [0.4, 0.5) is 4.39 Å². The normalized spacial score (nSPS) is 19.1. The maximum absolute atomic E-state index is 14.3. The third-order valence-electron chi connectivity index (χ3n) is 4.12. The second kappa shape index (κ2) is 6.22. The quantitative estimate of drug-likeness (QED) is 0.657. The number of hydrazine groups is 1. The summed E-state index contributed by atoms with van der Waals surface area (Å²) in [6, 6.07) is 8.87. The summed E-state index contributed by atoms with van der Waals surface area (Å²) in [5, 5.41) is 0. The molecule has 2 aromatic rings. The minimum absolute atomic E-state index is 0.0932. The number of hydrogen-bond acceptors (Lipinski definition) is 3. The molecule has 5 heteroatoms. The van der Waals surface area contributed by atoms with Crippen LogP contribution in [0.5, 0.6) is 0 Å².